The van der Waals surface area contributed by atoms with Crippen molar-refractivity contribution in [2.75, 3.05) is 11.9 Å². The van der Waals surface area contributed by atoms with Crippen molar-refractivity contribution in [1.29, 1.82) is 0 Å². The number of nitrogens with zero attached hydrogens (tertiary/aromatic N) is 2. The molecule has 0 radical (unpaired) electrons. The predicted molar refractivity (Wildman–Crippen MR) is 76.2 cm³/mol. The van der Waals surface area contributed by atoms with E-state index in [4.69, 9.17) is 4.74 Å². The number of nitro benzene ring substituents is 1. The van der Waals surface area contributed by atoms with Gasteiger partial charge in [-0.3, -0.25) is 19.9 Å². The molecule has 0 saturated carbocycles. The summed E-state index contributed by atoms with van der Waals surface area (Å²) in [6.07, 6.45) is 2.79. The van der Waals surface area contributed by atoms with Crippen molar-refractivity contribution in [1.82, 2.24) is 4.98 Å². The zero-order chi connectivity index (χ0) is 16.8. The number of pyridine rings is 1. The van der Waals surface area contributed by atoms with Crippen LogP contribution in [0.2, 0.25) is 0 Å². The van der Waals surface area contributed by atoms with Gasteiger partial charge in [0, 0.05) is 24.1 Å². The van der Waals surface area contributed by atoms with Gasteiger partial charge in [-0.1, -0.05) is 0 Å². The van der Waals surface area contributed by atoms with E-state index >= 15 is 0 Å². The van der Waals surface area contributed by atoms with Gasteiger partial charge in [-0.25, -0.2) is 4.79 Å². The molecular formula is C14H10FN3O5. The summed E-state index contributed by atoms with van der Waals surface area (Å²) in [7, 11) is 0. The normalized spacial score (nSPS) is 9.96. The standard InChI is InChI=1S/C14H10FN3O5/c15-11-2-1-10(7-12(11)18(21)22)17-13(19)8-23-14(20)9-3-5-16-6-4-9/h1-7H,8H2,(H,17,19). The first-order valence-corrected chi connectivity index (χ1v) is 6.28. The third-order valence-corrected chi connectivity index (χ3v) is 2.68. The molecule has 0 bridgehead atoms. The summed E-state index contributed by atoms with van der Waals surface area (Å²) in [4.78, 5) is 36.7. The number of rotatable bonds is 5. The van der Waals surface area contributed by atoms with Gasteiger partial charge in [0.05, 0.1) is 10.5 Å². The molecule has 0 aliphatic rings. The fourth-order valence-corrected chi connectivity index (χ4v) is 1.63. The average molecular weight is 319 g/mol. The van der Waals surface area contributed by atoms with Crippen molar-refractivity contribution in [2.24, 2.45) is 0 Å². The number of ether oxygens (including phenoxy) is 1. The van der Waals surface area contributed by atoms with Crippen molar-refractivity contribution in [3.05, 3.63) is 64.2 Å². The summed E-state index contributed by atoms with van der Waals surface area (Å²) in [5.74, 6) is -2.45. The number of nitro groups is 1. The van der Waals surface area contributed by atoms with Crippen molar-refractivity contribution >= 4 is 23.3 Å². The maximum absolute atomic E-state index is 13.2. The van der Waals surface area contributed by atoms with E-state index in [1.54, 1.807) is 0 Å². The van der Waals surface area contributed by atoms with Crippen LogP contribution in [-0.2, 0) is 9.53 Å². The van der Waals surface area contributed by atoms with Crippen LogP contribution < -0.4 is 5.32 Å². The predicted octanol–water partition coefficient (Wildman–Crippen LogP) is 1.92. The number of hydrogen-bond donors (Lipinski definition) is 1. The highest BCUT2D eigenvalue weighted by molar-refractivity contribution is 5.95. The van der Waals surface area contributed by atoms with Gasteiger partial charge in [0.2, 0.25) is 5.82 Å². The SMILES string of the molecule is O=C(COC(=O)c1ccncc1)Nc1ccc(F)c([N+](=O)[O-])c1. The summed E-state index contributed by atoms with van der Waals surface area (Å²) in [6, 6.07) is 5.73. The lowest BCUT2D eigenvalue weighted by Crippen LogP contribution is -2.21. The minimum atomic E-state index is -1.02. The van der Waals surface area contributed by atoms with E-state index < -0.39 is 34.9 Å². The minimum Gasteiger partial charge on any atom is -0.452 e. The molecule has 1 aromatic carbocycles. The number of halogens is 1. The molecule has 0 atom stereocenters. The number of carbonyl (C=O) groups excluding carboxylic acids is 2. The van der Waals surface area contributed by atoms with Crippen molar-refractivity contribution < 1.29 is 23.6 Å². The van der Waals surface area contributed by atoms with Crippen LogP contribution in [0.15, 0.2) is 42.7 Å². The monoisotopic (exact) mass is 319 g/mol. The number of hydrogen-bond acceptors (Lipinski definition) is 6. The molecule has 1 N–H and O–H groups in total. The first kappa shape index (κ1) is 16.0. The molecule has 0 spiro atoms. The Balaban J connectivity index is 1.94. The van der Waals surface area contributed by atoms with E-state index in [0.29, 0.717) is 0 Å². The number of benzene rings is 1. The minimum absolute atomic E-state index is 0.0167. The van der Waals surface area contributed by atoms with Crippen LogP contribution in [0.1, 0.15) is 10.4 Å². The third kappa shape index (κ3) is 4.30. The van der Waals surface area contributed by atoms with Gasteiger partial charge in [0.15, 0.2) is 6.61 Å². The number of carbonyl (C=O) groups is 2. The Labute approximate surface area is 129 Å². The molecule has 23 heavy (non-hydrogen) atoms. The first-order chi connectivity index (χ1) is 11.0. The molecule has 0 unspecified atom stereocenters. The zero-order valence-electron chi connectivity index (χ0n) is 11.6. The van der Waals surface area contributed by atoms with Crippen molar-refractivity contribution in [3.63, 3.8) is 0 Å². The molecule has 1 heterocycles. The van der Waals surface area contributed by atoms with E-state index in [2.05, 4.69) is 10.3 Å². The molecular weight excluding hydrogens is 309 g/mol. The summed E-state index contributed by atoms with van der Waals surface area (Å²) in [5.41, 5.74) is -0.523. The van der Waals surface area contributed by atoms with Crippen LogP contribution >= 0.6 is 0 Å². The summed E-state index contributed by atoms with van der Waals surface area (Å²) >= 11 is 0. The molecule has 1 aromatic heterocycles. The summed E-state index contributed by atoms with van der Waals surface area (Å²) in [6.45, 7) is -0.591. The quantitative estimate of drug-likeness (QED) is 0.512. The average Bonchev–Trinajstić information content (AvgIpc) is 2.55. The van der Waals surface area contributed by atoms with Gasteiger partial charge < -0.3 is 10.1 Å². The lowest BCUT2D eigenvalue weighted by atomic mass is 10.2. The lowest BCUT2D eigenvalue weighted by Gasteiger charge is -2.06. The number of anilines is 1. The van der Waals surface area contributed by atoms with Crippen molar-refractivity contribution in [3.8, 4) is 0 Å². The Morgan fingerprint density at radius 1 is 1.26 bits per heavy atom. The Hall–Kier alpha value is -3.36. The topological polar surface area (TPSA) is 111 Å². The third-order valence-electron chi connectivity index (χ3n) is 2.68. The highest BCUT2D eigenvalue weighted by atomic mass is 19.1. The number of nitrogens with one attached hydrogen (secondary N) is 1. The van der Waals surface area contributed by atoms with E-state index in [9.17, 15) is 24.1 Å². The van der Waals surface area contributed by atoms with Crippen LogP contribution in [0.5, 0.6) is 0 Å². The molecule has 1 amide bonds. The molecule has 8 nitrogen and oxygen atoms in total. The number of esters is 1. The second-order valence-electron chi connectivity index (χ2n) is 4.28. The summed E-state index contributed by atoms with van der Waals surface area (Å²) < 4.78 is 17.9. The molecule has 0 fully saturated rings. The van der Waals surface area contributed by atoms with E-state index in [-0.39, 0.29) is 11.3 Å². The first-order valence-electron chi connectivity index (χ1n) is 6.28. The Kier molecular flexibility index (Phi) is 4.92. The Morgan fingerprint density at radius 3 is 2.61 bits per heavy atom. The van der Waals surface area contributed by atoms with E-state index in [1.165, 1.54) is 24.5 Å². The smallest absolute Gasteiger partial charge is 0.338 e. The fraction of sp³-hybridized carbons (Fsp3) is 0.0714. The van der Waals surface area contributed by atoms with Crippen molar-refractivity contribution in [2.45, 2.75) is 0 Å². The number of amides is 1. The maximum atomic E-state index is 13.2. The molecule has 0 saturated heterocycles. The lowest BCUT2D eigenvalue weighted by molar-refractivity contribution is -0.387. The van der Waals surface area contributed by atoms with Gasteiger partial charge in [0.1, 0.15) is 0 Å². The van der Waals surface area contributed by atoms with Crippen LogP contribution in [0.4, 0.5) is 15.8 Å². The molecule has 0 aliphatic carbocycles. The van der Waals surface area contributed by atoms with E-state index in [0.717, 1.165) is 18.2 Å². The molecule has 118 valence electrons. The van der Waals surface area contributed by atoms with Gasteiger partial charge in [0.25, 0.3) is 5.91 Å². The molecule has 0 aliphatic heterocycles. The Morgan fingerprint density at radius 2 is 1.96 bits per heavy atom. The molecule has 2 aromatic rings. The second-order valence-corrected chi connectivity index (χ2v) is 4.28. The largest absolute Gasteiger partial charge is 0.452 e. The van der Waals surface area contributed by atoms with Crippen LogP contribution in [0.3, 0.4) is 0 Å². The highest BCUT2D eigenvalue weighted by Gasteiger charge is 2.16. The zero-order valence-corrected chi connectivity index (χ0v) is 11.6. The molecule has 9 heteroatoms. The van der Waals surface area contributed by atoms with E-state index in [1.807, 2.05) is 0 Å². The maximum Gasteiger partial charge on any atom is 0.338 e. The Bertz CT molecular complexity index is 751. The number of aromatic nitrogens is 1. The molecule has 2 rings (SSSR count). The second kappa shape index (κ2) is 7.07. The van der Waals surface area contributed by atoms with Crippen LogP contribution in [0.25, 0.3) is 0 Å². The van der Waals surface area contributed by atoms with Crippen LogP contribution in [-0.4, -0.2) is 28.4 Å². The van der Waals surface area contributed by atoms with Gasteiger partial charge >= 0.3 is 11.7 Å². The highest BCUT2D eigenvalue weighted by Crippen LogP contribution is 2.21. The summed E-state index contributed by atoms with van der Waals surface area (Å²) in [5, 5.41) is 12.9. The van der Waals surface area contributed by atoms with Crippen LogP contribution in [0, 0.1) is 15.9 Å². The van der Waals surface area contributed by atoms with Gasteiger partial charge in [-0.05, 0) is 24.3 Å². The van der Waals surface area contributed by atoms with Gasteiger partial charge in [-0.2, -0.15) is 4.39 Å². The fourth-order valence-electron chi connectivity index (χ4n) is 1.63. The van der Waals surface area contributed by atoms with Gasteiger partial charge in [-0.15, -0.1) is 0 Å².